The summed E-state index contributed by atoms with van der Waals surface area (Å²) in [4.78, 5) is 0. The topological polar surface area (TPSA) is 9.23 Å². The molecule has 0 N–H and O–H groups in total. The smallest absolute Gasteiger partial charge is 0.0987 e. The van der Waals surface area contributed by atoms with Crippen molar-refractivity contribution in [2.45, 2.75) is 58.0 Å². The minimum Gasteiger partial charge on any atom is -0.495 e. The van der Waals surface area contributed by atoms with E-state index >= 15 is 0 Å². The molecule has 0 aromatic carbocycles. The van der Waals surface area contributed by atoms with E-state index in [1.54, 1.807) is 0 Å². The van der Waals surface area contributed by atoms with Gasteiger partial charge in [-0.1, -0.05) is 19.8 Å². The van der Waals surface area contributed by atoms with Crippen LogP contribution in [0.3, 0.4) is 0 Å². The average Bonchev–Trinajstić information content (AvgIpc) is 2.16. The highest BCUT2D eigenvalue weighted by molar-refractivity contribution is 5.01. The summed E-state index contributed by atoms with van der Waals surface area (Å²) >= 11 is 0. The molecule has 2 aliphatic rings. The predicted octanol–water partition coefficient (Wildman–Crippen LogP) is 3.65. The van der Waals surface area contributed by atoms with Gasteiger partial charge >= 0.3 is 0 Å². The lowest BCUT2D eigenvalue weighted by Crippen LogP contribution is -2.20. The maximum atomic E-state index is 5.94. The molecule has 2 atom stereocenters. The Labute approximate surface area is 81.2 Å². The van der Waals surface area contributed by atoms with Crippen LogP contribution in [-0.2, 0) is 4.74 Å². The number of hydrogen-bond acceptors (Lipinski definition) is 1. The first-order valence-electron chi connectivity index (χ1n) is 5.72. The molecule has 2 bridgehead atoms. The van der Waals surface area contributed by atoms with Crippen molar-refractivity contribution in [3.63, 3.8) is 0 Å². The van der Waals surface area contributed by atoms with Crippen LogP contribution in [-0.4, -0.2) is 6.10 Å². The Kier molecular flexibility index (Phi) is 2.92. The molecule has 74 valence electrons. The van der Waals surface area contributed by atoms with E-state index in [9.17, 15) is 0 Å². The second-order valence-electron chi connectivity index (χ2n) is 4.54. The first-order chi connectivity index (χ1) is 6.34. The van der Waals surface area contributed by atoms with Crippen LogP contribution < -0.4 is 0 Å². The van der Waals surface area contributed by atoms with Crippen molar-refractivity contribution in [2.75, 3.05) is 0 Å². The monoisotopic (exact) mass is 180 g/mol. The molecule has 2 heterocycles. The Morgan fingerprint density at radius 2 is 2.08 bits per heavy atom. The number of hydrogen-bond donors (Lipinski definition) is 0. The van der Waals surface area contributed by atoms with E-state index in [1.165, 1.54) is 50.7 Å². The van der Waals surface area contributed by atoms with Gasteiger partial charge in [0.25, 0.3) is 0 Å². The minimum atomic E-state index is 0.535. The maximum Gasteiger partial charge on any atom is 0.0987 e. The van der Waals surface area contributed by atoms with E-state index in [4.69, 9.17) is 4.74 Å². The molecule has 1 saturated heterocycles. The SMILES string of the molecule is CC1C=C2CCCCCCC(C1)O2. The first-order valence-corrected chi connectivity index (χ1v) is 5.72. The van der Waals surface area contributed by atoms with Gasteiger partial charge in [-0.15, -0.1) is 0 Å². The van der Waals surface area contributed by atoms with Gasteiger partial charge in [0.05, 0.1) is 11.9 Å². The van der Waals surface area contributed by atoms with Crippen LogP contribution in [0.4, 0.5) is 0 Å². The summed E-state index contributed by atoms with van der Waals surface area (Å²) in [5, 5.41) is 0. The molecule has 0 saturated carbocycles. The molecular weight excluding hydrogens is 160 g/mol. The molecule has 0 spiro atoms. The number of allylic oxidation sites excluding steroid dienone is 2. The molecule has 0 aliphatic carbocycles. The van der Waals surface area contributed by atoms with Crippen molar-refractivity contribution in [2.24, 2.45) is 5.92 Å². The van der Waals surface area contributed by atoms with Gasteiger partial charge in [-0.25, -0.2) is 0 Å². The van der Waals surface area contributed by atoms with Gasteiger partial charge in [0.2, 0.25) is 0 Å². The standard InChI is InChI=1S/C12H20O/c1-10-8-11-6-4-2-3-5-7-12(9-10)13-11/h8,10,12H,2-7,9H2,1H3. The summed E-state index contributed by atoms with van der Waals surface area (Å²) in [5.41, 5.74) is 0. The highest BCUT2D eigenvalue weighted by Crippen LogP contribution is 2.29. The van der Waals surface area contributed by atoms with Crippen LogP contribution in [0.5, 0.6) is 0 Å². The third kappa shape index (κ3) is 2.49. The van der Waals surface area contributed by atoms with Gasteiger partial charge in [0, 0.05) is 6.42 Å². The largest absolute Gasteiger partial charge is 0.495 e. The molecule has 0 aromatic heterocycles. The first kappa shape index (κ1) is 9.11. The zero-order chi connectivity index (χ0) is 9.10. The summed E-state index contributed by atoms with van der Waals surface area (Å²) in [5.74, 6) is 2.03. The highest BCUT2D eigenvalue weighted by atomic mass is 16.5. The molecule has 1 fully saturated rings. The second-order valence-corrected chi connectivity index (χ2v) is 4.54. The summed E-state index contributed by atoms with van der Waals surface area (Å²) in [7, 11) is 0. The summed E-state index contributed by atoms with van der Waals surface area (Å²) in [6.07, 6.45) is 12.1. The quantitative estimate of drug-likeness (QED) is 0.553. The van der Waals surface area contributed by atoms with Gasteiger partial charge in [-0.2, -0.15) is 0 Å². The second kappa shape index (κ2) is 4.17. The predicted molar refractivity (Wildman–Crippen MR) is 54.4 cm³/mol. The van der Waals surface area contributed by atoms with Crippen molar-refractivity contribution in [1.29, 1.82) is 0 Å². The fraction of sp³-hybridized carbons (Fsp3) is 0.833. The molecule has 1 nitrogen and oxygen atoms in total. The zero-order valence-corrected chi connectivity index (χ0v) is 8.59. The normalized spacial score (nSPS) is 35.0. The Hall–Kier alpha value is -0.460. The fourth-order valence-electron chi connectivity index (χ4n) is 2.45. The average molecular weight is 180 g/mol. The molecule has 2 aliphatic heterocycles. The molecular formula is C12H20O. The molecule has 13 heavy (non-hydrogen) atoms. The van der Waals surface area contributed by atoms with Crippen molar-refractivity contribution >= 4 is 0 Å². The van der Waals surface area contributed by atoms with E-state index in [1.807, 2.05) is 0 Å². The van der Waals surface area contributed by atoms with Gasteiger partial charge < -0.3 is 4.74 Å². The molecule has 0 aromatic rings. The van der Waals surface area contributed by atoms with Crippen molar-refractivity contribution in [3.8, 4) is 0 Å². The minimum absolute atomic E-state index is 0.535. The van der Waals surface area contributed by atoms with Crippen LogP contribution in [0.25, 0.3) is 0 Å². The van der Waals surface area contributed by atoms with Gasteiger partial charge in [0.1, 0.15) is 0 Å². The van der Waals surface area contributed by atoms with E-state index in [0.29, 0.717) is 6.10 Å². The molecule has 0 radical (unpaired) electrons. The maximum absolute atomic E-state index is 5.94. The lowest BCUT2D eigenvalue weighted by Gasteiger charge is -2.27. The Bertz CT molecular complexity index is 195. The van der Waals surface area contributed by atoms with Crippen LogP contribution in [0.15, 0.2) is 11.8 Å². The number of rotatable bonds is 0. The third-order valence-electron chi connectivity index (χ3n) is 3.12. The van der Waals surface area contributed by atoms with Gasteiger partial charge in [-0.3, -0.25) is 0 Å². The number of ether oxygens (including phenoxy) is 1. The van der Waals surface area contributed by atoms with Gasteiger partial charge in [0.15, 0.2) is 0 Å². The van der Waals surface area contributed by atoms with E-state index in [0.717, 1.165) is 5.92 Å². The molecule has 2 rings (SSSR count). The van der Waals surface area contributed by atoms with E-state index < -0.39 is 0 Å². The Morgan fingerprint density at radius 1 is 1.23 bits per heavy atom. The fourth-order valence-corrected chi connectivity index (χ4v) is 2.45. The zero-order valence-electron chi connectivity index (χ0n) is 8.59. The van der Waals surface area contributed by atoms with E-state index in [2.05, 4.69) is 13.0 Å². The lowest BCUT2D eigenvalue weighted by molar-refractivity contribution is 0.0696. The van der Waals surface area contributed by atoms with Gasteiger partial charge in [-0.05, 0) is 37.7 Å². The molecule has 0 amide bonds. The Balaban J connectivity index is 2.03. The molecule has 1 heteroatoms. The third-order valence-corrected chi connectivity index (χ3v) is 3.12. The van der Waals surface area contributed by atoms with Crippen LogP contribution in [0, 0.1) is 5.92 Å². The lowest BCUT2D eigenvalue weighted by atomic mass is 9.97. The van der Waals surface area contributed by atoms with Crippen molar-refractivity contribution in [1.82, 2.24) is 0 Å². The number of fused-ring (bicyclic) bond motifs is 2. The van der Waals surface area contributed by atoms with Crippen molar-refractivity contribution < 1.29 is 4.74 Å². The van der Waals surface area contributed by atoms with Crippen LogP contribution in [0.1, 0.15) is 51.9 Å². The summed E-state index contributed by atoms with van der Waals surface area (Å²) in [6, 6.07) is 0. The van der Waals surface area contributed by atoms with Crippen LogP contribution in [0.2, 0.25) is 0 Å². The highest BCUT2D eigenvalue weighted by Gasteiger charge is 2.21. The summed E-state index contributed by atoms with van der Waals surface area (Å²) in [6.45, 7) is 2.31. The van der Waals surface area contributed by atoms with E-state index in [-0.39, 0.29) is 0 Å². The molecule has 2 unspecified atom stereocenters. The van der Waals surface area contributed by atoms with Crippen molar-refractivity contribution in [3.05, 3.63) is 11.8 Å². The summed E-state index contributed by atoms with van der Waals surface area (Å²) < 4.78 is 5.94. The van der Waals surface area contributed by atoms with Crippen LogP contribution >= 0.6 is 0 Å². The Morgan fingerprint density at radius 3 is 3.00 bits per heavy atom.